The van der Waals surface area contributed by atoms with Crippen LogP contribution in [0.15, 0.2) is 33.7 Å². The fourth-order valence-corrected chi connectivity index (χ4v) is 2.95. The maximum absolute atomic E-state index is 11.8. The molecule has 1 atom stereocenters. The summed E-state index contributed by atoms with van der Waals surface area (Å²) in [6.07, 6.45) is 0.701. The Kier molecular flexibility index (Phi) is 6.81. The normalized spacial score (nSPS) is 12.4. The van der Waals surface area contributed by atoms with Crippen molar-refractivity contribution < 1.29 is 9.32 Å². The molecule has 1 aromatic heterocycles. The van der Waals surface area contributed by atoms with Crippen molar-refractivity contribution in [3.05, 3.63) is 30.1 Å². The van der Waals surface area contributed by atoms with Crippen LogP contribution in [0.3, 0.4) is 0 Å². The van der Waals surface area contributed by atoms with Gasteiger partial charge in [-0.05, 0) is 40.0 Å². The van der Waals surface area contributed by atoms with Gasteiger partial charge in [0.25, 0.3) is 5.89 Å². The number of hydrogen-bond acceptors (Lipinski definition) is 6. The monoisotopic (exact) mass is 348 g/mol. The van der Waals surface area contributed by atoms with Crippen LogP contribution in [0.2, 0.25) is 0 Å². The van der Waals surface area contributed by atoms with E-state index in [1.165, 1.54) is 11.8 Å². The van der Waals surface area contributed by atoms with Crippen LogP contribution in [0.25, 0.3) is 11.5 Å². The standard InChI is InChI=1S/C17H24N4O2S/c1-11(2)19-16(22)10-24-14-8-6-5-7-13(14)17-20-15(21-23-17)9-12(3)18-4/h5-8,11-12,18H,9-10H2,1-4H3,(H,19,22). The van der Waals surface area contributed by atoms with E-state index in [0.717, 1.165) is 10.5 Å². The molecule has 0 spiro atoms. The molecule has 7 heteroatoms. The summed E-state index contributed by atoms with van der Waals surface area (Å²) in [7, 11) is 1.90. The van der Waals surface area contributed by atoms with Crippen molar-refractivity contribution >= 4 is 17.7 Å². The minimum absolute atomic E-state index is 0.0128. The zero-order valence-electron chi connectivity index (χ0n) is 14.5. The highest BCUT2D eigenvalue weighted by molar-refractivity contribution is 8.00. The van der Waals surface area contributed by atoms with Gasteiger partial charge in [-0.1, -0.05) is 17.3 Å². The highest BCUT2D eigenvalue weighted by Gasteiger charge is 2.15. The number of nitrogens with zero attached hydrogens (tertiary/aromatic N) is 2. The Morgan fingerprint density at radius 2 is 2.04 bits per heavy atom. The summed E-state index contributed by atoms with van der Waals surface area (Å²) in [6, 6.07) is 8.17. The van der Waals surface area contributed by atoms with Crippen LogP contribution in [0.1, 0.15) is 26.6 Å². The number of thioether (sulfide) groups is 1. The van der Waals surface area contributed by atoms with Gasteiger partial charge in [0.1, 0.15) is 0 Å². The van der Waals surface area contributed by atoms with Crippen LogP contribution in [0.5, 0.6) is 0 Å². The molecule has 6 nitrogen and oxygen atoms in total. The van der Waals surface area contributed by atoms with Gasteiger partial charge in [-0.2, -0.15) is 4.98 Å². The highest BCUT2D eigenvalue weighted by Crippen LogP contribution is 2.30. The zero-order chi connectivity index (χ0) is 17.5. The van der Waals surface area contributed by atoms with Gasteiger partial charge in [-0.25, -0.2) is 0 Å². The molecule has 1 aromatic carbocycles. The van der Waals surface area contributed by atoms with E-state index in [9.17, 15) is 4.79 Å². The predicted molar refractivity (Wildman–Crippen MR) is 96.0 cm³/mol. The maximum atomic E-state index is 11.8. The molecule has 2 N–H and O–H groups in total. The van der Waals surface area contributed by atoms with Gasteiger partial charge in [-0.3, -0.25) is 4.79 Å². The highest BCUT2D eigenvalue weighted by atomic mass is 32.2. The minimum Gasteiger partial charge on any atom is -0.353 e. The molecule has 130 valence electrons. The van der Waals surface area contributed by atoms with Gasteiger partial charge in [0.05, 0.1) is 11.3 Å². The molecule has 1 heterocycles. The quantitative estimate of drug-likeness (QED) is 0.714. The van der Waals surface area contributed by atoms with Crippen LogP contribution < -0.4 is 10.6 Å². The molecule has 0 bridgehead atoms. The first-order valence-corrected chi connectivity index (χ1v) is 8.99. The third-order valence-corrected chi connectivity index (χ3v) is 4.45. The Morgan fingerprint density at radius 3 is 2.75 bits per heavy atom. The molecule has 0 aliphatic carbocycles. The van der Waals surface area contributed by atoms with Crippen molar-refractivity contribution in [3.63, 3.8) is 0 Å². The Balaban J connectivity index is 2.09. The number of nitrogens with one attached hydrogen (secondary N) is 2. The number of benzene rings is 1. The van der Waals surface area contributed by atoms with Crippen molar-refractivity contribution in [3.8, 4) is 11.5 Å². The summed E-state index contributed by atoms with van der Waals surface area (Å²) in [6.45, 7) is 5.96. The summed E-state index contributed by atoms with van der Waals surface area (Å²) in [5.74, 6) is 1.52. The van der Waals surface area contributed by atoms with Gasteiger partial charge in [0, 0.05) is 23.4 Å². The Bertz CT molecular complexity index is 672. The molecule has 2 aromatic rings. The molecule has 0 radical (unpaired) electrons. The van der Waals surface area contributed by atoms with E-state index < -0.39 is 0 Å². The minimum atomic E-state index is 0.0128. The van der Waals surface area contributed by atoms with E-state index in [4.69, 9.17) is 4.52 Å². The van der Waals surface area contributed by atoms with Crippen LogP contribution in [0, 0.1) is 0 Å². The smallest absolute Gasteiger partial charge is 0.259 e. The van der Waals surface area contributed by atoms with Crippen LogP contribution in [0.4, 0.5) is 0 Å². The fraction of sp³-hybridized carbons (Fsp3) is 0.471. The molecule has 0 aliphatic heterocycles. The van der Waals surface area contributed by atoms with E-state index in [2.05, 4.69) is 27.7 Å². The lowest BCUT2D eigenvalue weighted by molar-refractivity contribution is -0.119. The Hall–Kier alpha value is -1.86. The third kappa shape index (κ3) is 5.35. The molecule has 24 heavy (non-hydrogen) atoms. The molecule has 1 unspecified atom stereocenters. The first kappa shape index (κ1) is 18.5. The zero-order valence-corrected chi connectivity index (χ0v) is 15.3. The number of amides is 1. The predicted octanol–water partition coefficient (Wildman–Crippen LogP) is 2.50. The van der Waals surface area contributed by atoms with E-state index >= 15 is 0 Å². The summed E-state index contributed by atoms with van der Waals surface area (Å²) < 4.78 is 5.41. The maximum Gasteiger partial charge on any atom is 0.259 e. The summed E-state index contributed by atoms with van der Waals surface area (Å²) in [5, 5.41) is 10.1. The van der Waals surface area contributed by atoms with Crippen molar-refractivity contribution in [2.45, 2.75) is 44.2 Å². The Morgan fingerprint density at radius 1 is 1.29 bits per heavy atom. The second-order valence-corrected chi connectivity index (χ2v) is 6.93. The first-order chi connectivity index (χ1) is 11.5. The van der Waals surface area contributed by atoms with Crippen LogP contribution in [-0.2, 0) is 11.2 Å². The Labute approximate surface area is 146 Å². The summed E-state index contributed by atoms with van der Waals surface area (Å²) in [4.78, 5) is 17.3. The molecule has 0 saturated carbocycles. The van der Waals surface area contributed by atoms with Crippen molar-refractivity contribution in [1.82, 2.24) is 20.8 Å². The topological polar surface area (TPSA) is 80.0 Å². The van der Waals surface area contributed by atoms with E-state index in [-0.39, 0.29) is 18.0 Å². The van der Waals surface area contributed by atoms with Crippen LogP contribution >= 0.6 is 11.8 Å². The van der Waals surface area contributed by atoms with E-state index in [0.29, 0.717) is 23.9 Å². The number of hydrogen-bond donors (Lipinski definition) is 2. The average Bonchev–Trinajstić information content (AvgIpc) is 3.00. The number of aromatic nitrogens is 2. The van der Waals surface area contributed by atoms with Gasteiger partial charge >= 0.3 is 0 Å². The molecule has 0 saturated heterocycles. The third-order valence-electron chi connectivity index (χ3n) is 3.38. The first-order valence-electron chi connectivity index (χ1n) is 8.01. The van der Waals surface area contributed by atoms with E-state index in [1.807, 2.05) is 45.2 Å². The lowest BCUT2D eigenvalue weighted by Crippen LogP contribution is -2.31. The lowest BCUT2D eigenvalue weighted by Gasteiger charge is -2.09. The average molecular weight is 348 g/mol. The van der Waals surface area contributed by atoms with Gasteiger partial charge in [0.15, 0.2) is 5.82 Å². The summed E-state index contributed by atoms with van der Waals surface area (Å²) in [5.41, 5.74) is 0.857. The second kappa shape index (κ2) is 8.84. The van der Waals surface area contributed by atoms with Crippen molar-refractivity contribution in [2.24, 2.45) is 0 Å². The largest absolute Gasteiger partial charge is 0.353 e. The second-order valence-electron chi connectivity index (χ2n) is 5.92. The van der Waals surface area contributed by atoms with Crippen LogP contribution in [-0.4, -0.2) is 40.9 Å². The van der Waals surface area contributed by atoms with Gasteiger partial charge in [-0.15, -0.1) is 11.8 Å². The molecule has 2 rings (SSSR count). The van der Waals surface area contributed by atoms with Gasteiger partial charge in [0.2, 0.25) is 5.91 Å². The molecule has 0 fully saturated rings. The van der Waals surface area contributed by atoms with Crippen molar-refractivity contribution in [2.75, 3.05) is 12.8 Å². The summed E-state index contributed by atoms with van der Waals surface area (Å²) >= 11 is 1.47. The molecule has 1 amide bonds. The SMILES string of the molecule is CNC(C)Cc1noc(-c2ccccc2SCC(=O)NC(C)C)n1. The van der Waals surface area contributed by atoms with E-state index in [1.54, 1.807) is 0 Å². The molecular formula is C17H24N4O2S. The lowest BCUT2D eigenvalue weighted by atomic mass is 10.2. The fourth-order valence-electron chi connectivity index (χ4n) is 2.10. The number of likely N-dealkylation sites (N-methyl/N-ethyl adjacent to an activating group) is 1. The molecular weight excluding hydrogens is 324 g/mol. The van der Waals surface area contributed by atoms with Crippen molar-refractivity contribution in [1.29, 1.82) is 0 Å². The molecule has 0 aliphatic rings. The number of carbonyl (C=O) groups is 1. The van der Waals surface area contributed by atoms with Gasteiger partial charge < -0.3 is 15.2 Å². The number of carbonyl (C=O) groups excluding carboxylic acids is 1. The number of rotatable bonds is 8.